The number of carbonyl (C=O) groups is 1. The fraction of sp³-hybridized carbons (Fsp3) is 0.231. The van der Waals surface area contributed by atoms with Gasteiger partial charge in [-0.05, 0) is 49.0 Å². The number of benzene rings is 3. The van der Waals surface area contributed by atoms with Crippen molar-refractivity contribution >= 4 is 35.1 Å². The summed E-state index contributed by atoms with van der Waals surface area (Å²) >= 11 is 5.93. The van der Waals surface area contributed by atoms with Crippen molar-refractivity contribution in [3.63, 3.8) is 0 Å². The number of hydrogen-bond acceptors (Lipinski definition) is 4. The van der Waals surface area contributed by atoms with E-state index in [-0.39, 0.29) is 12.3 Å². The average molecular weight is 449 g/mol. The van der Waals surface area contributed by atoms with E-state index in [0.29, 0.717) is 17.1 Å². The van der Waals surface area contributed by atoms with E-state index in [1.807, 2.05) is 59.3 Å². The van der Waals surface area contributed by atoms with Gasteiger partial charge in [0, 0.05) is 37.3 Å². The molecule has 0 atom stereocenters. The third-order valence-electron chi connectivity index (χ3n) is 5.32. The van der Waals surface area contributed by atoms with Crippen molar-refractivity contribution in [2.75, 3.05) is 43.5 Å². The molecule has 3 aromatic rings. The quantitative estimate of drug-likeness (QED) is 0.249. The van der Waals surface area contributed by atoms with E-state index in [2.05, 4.69) is 24.1 Å². The van der Waals surface area contributed by atoms with Gasteiger partial charge in [0.15, 0.2) is 5.78 Å². The number of nitrogens with zero attached hydrogens (tertiary/aromatic N) is 3. The highest BCUT2D eigenvalue weighted by Gasteiger charge is 2.16. The zero-order chi connectivity index (χ0) is 22.9. The summed E-state index contributed by atoms with van der Waals surface area (Å²) in [4.78, 5) is 18.8. The predicted octanol–water partition coefficient (Wildman–Crippen LogP) is 5.20. The molecule has 166 valence electrons. The Kier molecular flexibility index (Phi) is 8.42. The topological polar surface area (TPSA) is 50.6 Å². The maximum absolute atomic E-state index is 12.7. The van der Waals surface area contributed by atoms with Crippen LogP contribution in [-0.2, 0) is 6.54 Å². The molecule has 0 aromatic heterocycles. The molecule has 32 heavy (non-hydrogen) atoms. The van der Waals surface area contributed by atoms with Crippen molar-refractivity contribution in [3.8, 4) is 0 Å². The maximum atomic E-state index is 12.7. The third-order valence-corrected chi connectivity index (χ3v) is 5.58. The van der Waals surface area contributed by atoms with E-state index < -0.39 is 0 Å². The number of Topliss-reactive ketones (excluding diaryl/α,β-unsaturated/α-hetero) is 1. The average Bonchev–Trinajstić information content (AvgIpc) is 2.80. The van der Waals surface area contributed by atoms with Crippen molar-refractivity contribution in [2.45, 2.75) is 6.54 Å². The first-order valence-corrected chi connectivity index (χ1v) is 10.9. The van der Waals surface area contributed by atoms with Gasteiger partial charge in [-0.15, -0.1) is 0 Å². The number of carbonyl (C=O) groups excluding carboxylic acids is 1. The van der Waals surface area contributed by atoms with Crippen LogP contribution in [0.15, 0.2) is 78.9 Å². The van der Waals surface area contributed by atoms with Gasteiger partial charge in [-0.3, -0.25) is 10.2 Å². The lowest BCUT2D eigenvalue weighted by atomic mass is 10.1. The molecule has 0 bridgehead atoms. The van der Waals surface area contributed by atoms with Crippen molar-refractivity contribution in [1.29, 1.82) is 5.41 Å². The van der Waals surface area contributed by atoms with E-state index in [0.717, 1.165) is 24.5 Å². The Bertz CT molecular complexity index is 1020. The molecular weight excluding hydrogens is 420 g/mol. The highest BCUT2D eigenvalue weighted by atomic mass is 35.5. The number of halogens is 1. The van der Waals surface area contributed by atoms with Crippen LogP contribution in [0, 0.1) is 5.41 Å². The second-order valence-corrected chi connectivity index (χ2v) is 8.26. The van der Waals surface area contributed by atoms with Crippen molar-refractivity contribution < 1.29 is 4.79 Å². The molecule has 0 fully saturated rings. The SMILES string of the molecule is CN(CCN(C=N)c1ccccc1N(C)CC(=O)c1ccc(Cl)cc1)Cc1ccccc1. The molecule has 0 unspecified atom stereocenters. The summed E-state index contributed by atoms with van der Waals surface area (Å²) in [5.74, 6) is 0.0166. The second kappa shape index (κ2) is 11.5. The second-order valence-electron chi connectivity index (χ2n) is 7.82. The molecule has 3 aromatic carbocycles. The molecular formula is C26H29ClN4O. The minimum Gasteiger partial charge on any atom is -0.365 e. The molecule has 0 heterocycles. The van der Waals surface area contributed by atoms with Crippen LogP contribution in [0.5, 0.6) is 0 Å². The minimum atomic E-state index is 0.0166. The molecule has 0 amide bonds. The van der Waals surface area contributed by atoms with Gasteiger partial charge in [-0.2, -0.15) is 0 Å². The number of nitrogens with one attached hydrogen (secondary N) is 1. The van der Waals surface area contributed by atoms with Crippen LogP contribution in [0.4, 0.5) is 11.4 Å². The Morgan fingerprint density at radius 2 is 1.50 bits per heavy atom. The Balaban J connectivity index is 1.67. The number of hydrogen-bond donors (Lipinski definition) is 1. The van der Waals surface area contributed by atoms with Crippen LogP contribution >= 0.6 is 11.6 Å². The molecule has 6 heteroatoms. The van der Waals surface area contributed by atoms with Crippen molar-refractivity contribution in [2.24, 2.45) is 0 Å². The highest BCUT2D eigenvalue weighted by molar-refractivity contribution is 6.30. The zero-order valence-corrected chi connectivity index (χ0v) is 19.3. The van der Waals surface area contributed by atoms with Crippen LogP contribution in [0.2, 0.25) is 5.02 Å². The van der Waals surface area contributed by atoms with Gasteiger partial charge in [-0.1, -0.05) is 54.1 Å². The number of ketones is 1. The van der Waals surface area contributed by atoms with E-state index in [9.17, 15) is 4.79 Å². The lowest BCUT2D eigenvalue weighted by molar-refractivity contribution is 0.100. The van der Waals surface area contributed by atoms with Crippen LogP contribution in [-0.4, -0.2) is 50.8 Å². The van der Waals surface area contributed by atoms with Crippen LogP contribution in [0.3, 0.4) is 0 Å². The summed E-state index contributed by atoms with van der Waals surface area (Å²) in [6.07, 6.45) is 1.35. The summed E-state index contributed by atoms with van der Waals surface area (Å²) in [5.41, 5.74) is 3.70. The summed E-state index contributed by atoms with van der Waals surface area (Å²) < 4.78 is 0. The number of likely N-dealkylation sites (N-methyl/N-ethyl adjacent to an activating group) is 2. The predicted molar refractivity (Wildman–Crippen MR) is 134 cm³/mol. The molecule has 0 saturated carbocycles. The van der Waals surface area contributed by atoms with Crippen LogP contribution in [0.25, 0.3) is 0 Å². The number of anilines is 2. The molecule has 0 radical (unpaired) electrons. The zero-order valence-electron chi connectivity index (χ0n) is 18.5. The Morgan fingerprint density at radius 1 is 0.875 bits per heavy atom. The molecule has 1 N–H and O–H groups in total. The third kappa shape index (κ3) is 6.42. The monoisotopic (exact) mass is 448 g/mol. The van der Waals surface area contributed by atoms with Gasteiger partial charge in [0.25, 0.3) is 0 Å². The number of para-hydroxylation sites is 2. The molecule has 0 saturated heterocycles. The van der Waals surface area contributed by atoms with Gasteiger partial charge >= 0.3 is 0 Å². The van der Waals surface area contributed by atoms with Gasteiger partial charge in [0.2, 0.25) is 0 Å². The number of rotatable bonds is 11. The minimum absolute atomic E-state index is 0.0166. The fourth-order valence-electron chi connectivity index (χ4n) is 3.56. The lowest BCUT2D eigenvalue weighted by Crippen LogP contribution is -2.34. The van der Waals surface area contributed by atoms with Gasteiger partial charge in [0.1, 0.15) is 0 Å². The summed E-state index contributed by atoms with van der Waals surface area (Å²) in [6, 6.07) is 25.2. The molecule has 5 nitrogen and oxygen atoms in total. The molecule has 0 spiro atoms. The van der Waals surface area contributed by atoms with Crippen molar-refractivity contribution in [3.05, 3.63) is 95.0 Å². The Morgan fingerprint density at radius 3 is 2.16 bits per heavy atom. The summed E-state index contributed by atoms with van der Waals surface area (Å²) in [6.45, 7) is 2.55. The first kappa shape index (κ1) is 23.5. The largest absolute Gasteiger partial charge is 0.365 e. The molecule has 0 aliphatic carbocycles. The molecule has 0 aliphatic rings. The van der Waals surface area contributed by atoms with Crippen LogP contribution in [0.1, 0.15) is 15.9 Å². The van der Waals surface area contributed by atoms with E-state index in [1.54, 1.807) is 24.3 Å². The smallest absolute Gasteiger partial charge is 0.182 e. The van der Waals surface area contributed by atoms with Gasteiger partial charge in [-0.25, -0.2) is 0 Å². The first-order chi connectivity index (χ1) is 15.5. The first-order valence-electron chi connectivity index (χ1n) is 10.6. The molecule has 3 rings (SSSR count). The normalized spacial score (nSPS) is 10.8. The summed E-state index contributed by atoms with van der Waals surface area (Å²) in [5, 5.41) is 8.59. The van der Waals surface area contributed by atoms with Crippen LogP contribution < -0.4 is 9.80 Å². The van der Waals surface area contributed by atoms with E-state index in [1.165, 1.54) is 11.9 Å². The summed E-state index contributed by atoms with van der Waals surface area (Å²) in [7, 11) is 3.98. The van der Waals surface area contributed by atoms with E-state index in [4.69, 9.17) is 17.0 Å². The fourth-order valence-corrected chi connectivity index (χ4v) is 3.69. The molecule has 0 aliphatic heterocycles. The standard InChI is InChI=1S/C26H29ClN4O/c1-29(18-21-8-4-3-5-9-21)16-17-31(20-28)25-11-7-6-10-24(25)30(2)19-26(32)22-12-14-23(27)15-13-22/h3-15,20,28H,16-19H2,1-2H3. The highest BCUT2D eigenvalue weighted by Crippen LogP contribution is 2.28. The van der Waals surface area contributed by atoms with Gasteiger partial charge < -0.3 is 14.7 Å². The Labute approximate surface area is 195 Å². The van der Waals surface area contributed by atoms with Crippen molar-refractivity contribution in [1.82, 2.24) is 4.90 Å². The van der Waals surface area contributed by atoms with E-state index >= 15 is 0 Å². The van der Waals surface area contributed by atoms with Gasteiger partial charge in [0.05, 0.1) is 24.3 Å². The maximum Gasteiger partial charge on any atom is 0.182 e. The Hall–Kier alpha value is -3.15. The lowest BCUT2D eigenvalue weighted by Gasteiger charge is -2.28.